The molecule has 2 N–H and O–H groups in total. The van der Waals surface area contributed by atoms with E-state index in [1.165, 1.54) is 7.11 Å². The number of hydrogen-bond donors (Lipinski definition) is 2. The van der Waals surface area contributed by atoms with E-state index >= 15 is 0 Å². The van der Waals surface area contributed by atoms with E-state index in [0.717, 1.165) is 12.6 Å². The Balaban J connectivity index is 1.19. The van der Waals surface area contributed by atoms with Crippen molar-refractivity contribution in [3.8, 4) is 17.1 Å². The first-order chi connectivity index (χ1) is 24.5. The third-order valence-corrected chi connectivity index (χ3v) is 11.8. The lowest BCUT2D eigenvalue weighted by Gasteiger charge is -2.52. The van der Waals surface area contributed by atoms with Gasteiger partial charge in [-0.2, -0.15) is 13.2 Å². The first-order valence-electron chi connectivity index (χ1n) is 17.9. The zero-order chi connectivity index (χ0) is 37.3. The van der Waals surface area contributed by atoms with Crippen LogP contribution in [0.25, 0.3) is 22.3 Å². The van der Waals surface area contributed by atoms with Gasteiger partial charge in [-0.3, -0.25) is 9.69 Å². The van der Waals surface area contributed by atoms with Crippen LogP contribution in [0.4, 0.5) is 22.0 Å². The Morgan fingerprint density at radius 3 is 2.48 bits per heavy atom. The second kappa shape index (κ2) is 13.2. The number of carbonyl (C=O) groups excluding carboxylic acids is 1. The topological polar surface area (TPSA) is 119 Å². The molecule has 3 aromatic rings. The molecule has 1 aliphatic heterocycles. The van der Waals surface area contributed by atoms with Crippen molar-refractivity contribution in [2.45, 2.75) is 95.1 Å². The zero-order valence-corrected chi connectivity index (χ0v) is 29.6. The molecule has 2 aromatic heterocycles. The molecule has 3 saturated carbocycles. The van der Waals surface area contributed by atoms with Crippen molar-refractivity contribution >= 4 is 22.8 Å². The number of halogens is 5. The number of methoxy groups -OCH3 is 1. The fourth-order valence-electron chi connectivity index (χ4n) is 9.31. The zero-order valence-electron chi connectivity index (χ0n) is 29.6. The number of fused-ring (bicyclic) bond motifs is 3. The van der Waals surface area contributed by atoms with E-state index in [2.05, 4.69) is 15.3 Å². The quantitative estimate of drug-likeness (QED) is 0.218. The minimum atomic E-state index is -5.06. The summed E-state index contributed by atoms with van der Waals surface area (Å²) in [6.45, 7) is 5.47. The molecule has 3 heterocycles. The van der Waals surface area contributed by atoms with Gasteiger partial charge in [0.05, 0.1) is 36.8 Å². The van der Waals surface area contributed by atoms with Gasteiger partial charge >= 0.3 is 12.1 Å². The number of rotatable bonds is 10. The lowest BCUT2D eigenvalue weighted by molar-refractivity contribution is -0.165. The van der Waals surface area contributed by atoms with Crippen LogP contribution in [0.3, 0.4) is 0 Å². The van der Waals surface area contributed by atoms with Gasteiger partial charge in [0.1, 0.15) is 17.4 Å². The van der Waals surface area contributed by atoms with Crippen LogP contribution in [0, 0.1) is 23.7 Å². The molecule has 5 unspecified atom stereocenters. The van der Waals surface area contributed by atoms with E-state index in [1.54, 1.807) is 36.2 Å². The molecular weight excluding hydrogens is 689 g/mol. The average Bonchev–Trinajstić information content (AvgIpc) is 3.41. The molecule has 4 fully saturated rings. The Morgan fingerprint density at radius 2 is 1.83 bits per heavy atom. The van der Waals surface area contributed by atoms with Crippen LogP contribution in [0.2, 0.25) is 0 Å². The summed E-state index contributed by atoms with van der Waals surface area (Å²) in [6.07, 6.45) is 1.12. The SMILES string of the molecule is COC[C@H](C)n1cc(-c2ncc(C(=O)NC3(C(=O)O)C(C)CC4CC(C)CC3C4)c(C(F)(F)F)n2)c2ccc(OC3CC(N4CC(F)(F)C4)C3)cc21. The van der Waals surface area contributed by atoms with Crippen molar-refractivity contribution in [2.75, 3.05) is 26.8 Å². The Kier molecular flexibility index (Phi) is 9.28. The highest BCUT2D eigenvalue weighted by atomic mass is 19.4. The molecule has 2 bridgehead atoms. The number of benzene rings is 1. The Hall–Kier alpha value is -3.85. The van der Waals surface area contributed by atoms with E-state index in [4.69, 9.17) is 9.47 Å². The number of carbonyl (C=O) groups is 2. The molecule has 1 amide bonds. The Labute approximate surface area is 298 Å². The van der Waals surface area contributed by atoms with Gasteiger partial charge in [-0.15, -0.1) is 0 Å². The van der Waals surface area contributed by atoms with E-state index < -0.39 is 52.6 Å². The number of nitrogens with zero attached hydrogens (tertiary/aromatic N) is 4. The molecule has 1 saturated heterocycles. The highest BCUT2D eigenvalue weighted by Crippen LogP contribution is 2.50. The first-order valence-corrected chi connectivity index (χ1v) is 17.9. The van der Waals surface area contributed by atoms with Gasteiger partial charge in [0.15, 0.2) is 11.5 Å². The van der Waals surface area contributed by atoms with Gasteiger partial charge in [0, 0.05) is 55.4 Å². The van der Waals surface area contributed by atoms with Crippen LogP contribution >= 0.6 is 0 Å². The predicted molar refractivity (Wildman–Crippen MR) is 180 cm³/mol. The molecule has 6 atom stereocenters. The normalized spacial score (nSPS) is 30.6. The van der Waals surface area contributed by atoms with Crippen molar-refractivity contribution in [3.05, 3.63) is 41.9 Å². The van der Waals surface area contributed by atoms with Crippen LogP contribution < -0.4 is 10.1 Å². The molecule has 0 radical (unpaired) electrons. The Morgan fingerprint density at radius 1 is 1.10 bits per heavy atom. The third kappa shape index (κ3) is 6.52. The highest BCUT2D eigenvalue weighted by molar-refractivity contribution is 6.00. The number of nitrogens with one attached hydrogen (secondary N) is 1. The molecule has 15 heteroatoms. The van der Waals surface area contributed by atoms with Gasteiger partial charge in [0.25, 0.3) is 11.8 Å². The number of likely N-dealkylation sites (tertiary alicyclic amines) is 1. The fraction of sp³-hybridized carbons (Fsp3) is 0.622. The van der Waals surface area contributed by atoms with Gasteiger partial charge in [-0.05, 0) is 68.4 Å². The van der Waals surface area contributed by atoms with E-state index in [1.807, 2.05) is 18.4 Å². The number of hydrogen-bond acceptors (Lipinski definition) is 7. The molecule has 7 rings (SSSR count). The number of ether oxygens (including phenoxy) is 2. The van der Waals surface area contributed by atoms with Crippen molar-refractivity contribution in [3.63, 3.8) is 0 Å². The molecule has 10 nitrogen and oxygen atoms in total. The molecule has 1 aromatic carbocycles. The summed E-state index contributed by atoms with van der Waals surface area (Å²) in [5.41, 5.74) is -3.11. The van der Waals surface area contributed by atoms with Crippen LogP contribution in [0.5, 0.6) is 5.75 Å². The Bertz CT molecular complexity index is 1850. The molecule has 52 heavy (non-hydrogen) atoms. The monoisotopic (exact) mass is 733 g/mol. The fourth-order valence-corrected chi connectivity index (χ4v) is 9.31. The average molecular weight is 734 g/mol. The summed E-state index contributed by atoms with van der Waals surface area (Å²) in [4.78, 5) is 36.5. The smallest absolute Gasteiger partial charge is 0.434 e. The maximum atomic E-state index is 14.7. The lowest BCUT2D eigenvalue weighted by Crippen LogP contribution is -2.66. The summed E-state index contributed by atoms with van der Waals surface area (Å²) in [6, 6.07) is 4.97. The van der Waals surface area contributed by atoms with Crippen molar-refractivity contribution in [2.24, 2.45) is 23.7 Å². The molecule has 0 spiro atoms. The van der Waals surface area contributed by atoms with Crippen LogP contribution in [0.1, 0.15) is 81.4 Å². The number of aliphatic carboxylic acids is 1. The predicted octanol–water partition coefficient (Wildman–Crippen LogP) is 6.83. The van der Waals surface area contributed by atoms with Crippen molar-refractivity contribution in [1.82, 2.24) is 24.8 Å². The summed E-state index contributed by atoms with van der Waals surface area (Å²) < 4.78 is 84.1. The number of carboxylic acids is 1. The molecule has 4 aliphatic rings. The highest BCUT2D eigenvalue weighted by Gasteiger charge is 2.57. The third-order valence-electron chi connectivity index (χ3n) is 11.8. The number of amides is 1. The first kappa shape index (κ1) is 36.5. The van der Waals surface area contributed by atoms with Gasteiger partial charge < -0.3 is 24.5 Å². The number of alkyl halides is 5. The van der Waals surface area contributed by atoms with Crippen LogP contribution in [-0.4, -0.2) is 86.8 Å². The summed E-state index contributed by atoms with van der Waals surface area (Å²) >= 11 is 0. The molecule has 282 valence electrons. The maximum Gasteiger partial charge on any atom is 0.434 e. The maximum absolute atomic E-state index is 14.7. The van der Waals surface area contributed by atoms with E-state index in [0.29, 0.717) is 54.7 Å². The van der Waals surface area contributed by atoms with Gasteiger partial charge in [0.2, 0.25) is 0 Å². The van der Waals surface area contributed by atoms with Crippen molar-refractivity contribution < 1.29 is 46.1 Å². The summed E-state index contributed by atoms with van der Waals surface area (Å²) in [7, 11) is 1.54. The van der Waals surface area contributed by atoms with Crippen LogP contribution in [-0.2, 0) is 15.7 Å². The standard InChI is InChI=1S/C37H44F5N5O5/c1-19-7-22-9-20(2)36(34(49)50,23(8-19)10-22)45-33(48)28-14-43-32(44-31(28)37(40,41)42)29-15-47(21(3)16-51-4)30-13-25(5-6-27(29)30)52-26-11-24(12-26)46-17-35(38,39)18-46/h5-6,13-15,19-24,26H,7-12,16-18H2,1-4H3,(H,45,48)(H,49,50)/t19?,20?,21-,22?,23?,24?,26?,36?/m0/s1. The second-order valence-corrected chi connectivity index (χ2v) is 15.7. The van der Waals surface area contributed by atoms with E-state index in [9.17, 15) is 36.6 Å². The minimum Gasteiger partial charge on any atom is -0.490 e. The number of carboxylic acid groups (broad SMARTS) is 1. The molecule has 3 aliphatic carbocycles. The van der Waals surface area contributed by atoms with E-state index in [-0.39, 0.29) is 55.2 Å². The number of aromatic nitrogens is 3. The van der Waals surface area contributed by atoms with Crippen molar-refractivity contribution in [1.29, 1.82) is 0 Å². The molecular formula is C37H44F5N5O5. The van der Waals surface area contributed by atoms with Gasteiger partial charge in [-0.1, -0.05) is 13.8 Å². The van der Waals surface area contributed by atoms with Gasteiger partial charge in [-0.25, -0.2) is 23.5 Å². The minimum absolute atomic E-state index is 0.0413. The largest absolute Gasteiger partial charge is 0.490 e. The van der Waals surface area contributed by atoms with Crippen LogP contribution in [0.15, 0.2) is 30.6 Å². The lowest BCUT2D eigenvalue weighted by atomic mass is 9.56. The second-order valence-electron chi connectivity index (χ2n) is 15.7. The summed E-state index contributed by atoms with van der Waals surface area (Å²) in [5.74, 6) is -5.19. The summed E-state index contributed by atoms with van der Waals surface area (Å²) in [5, 5.41) is 13.6.